The average molecular weight is 374 g/mol. The van der Waals surface area contributed by atoms with Crippen molar-refractivity contribution in [1.82, 2.24) is 10.6 Å². The quantitative estimate of drug-likeness (QED) is 0.671. The Balaban J connectivity index is 1.83. The monoisotopic (exact) mass is 374 g/mol. The number of amides is 1. The zero-order chi connectivity index (χ0) is 19.6. The van der Waals surface area contributed by atoms with Crippen LogP contribution in [0.3, 0.4) is 0 Å². The van der Waals surface area contributed by atoms with Gasteiger partial charge in [0.25, 0.3) is 5.91 Å². The molecule has 1 amide bonds. The molecule has 0 aliphatic carbocycles. The summed E-state index contributed by atoms with van der Waals surface area (Å²) in [5.41, 5.74) is 1.70. The van der Waals surface area contributed by atoms with Gasteiger partial charge in [-0.1, -0.05) is 37.3 Å². The fourth-order valence-electron chi connectivity index (χ4n) is 2.72. The van der Waals surface area contributed by atoms with E-state index in [1.54, 1.807) is 32.4 Å². The average Bonchev–Trinajstić information content (AvgIpc) is 2.70. The minimum atomic E-state index is -0.334. The van der Waals surface area contributed by atoms with Gasteiger partial charge in [-0.2, -0.15) is 0 Å². The molecular weight excluding hydrogens is 347 g/mol. The van der Waals surface area contributed by atoms with Gasteiger partial charge in [0.05, 0.1) is 6.10 Å². The Morgan fingerprint density at radius 3 is 2.44 bits per heavy atom. The molecule has 0 radical (unpaired) electrons. The second kappa shape index (κ2) is 10.6. The van der Waals surface area contributed by atoms with Crippen molar-refractivity contribution < 1.29 is 18.7 Å². The summed E-state index contributed by atoms with van der Waals surface area (Å²) in [6, 6.07) is 14.3. The summed E-state index contributed by atoms with van der Waals surface area (Å²) in [5, 5.41) is 5.86. The zero-order valence-electron chi connectivity index (χ0n) is 16.0. The van der Waals surface area contributed by atoms with Crippen LogP contribution in [0.5, 0.6) is 5.75 Å². The number of halogens is 1. The third kappa shape index (κ3) is 6.34. The maximum absolute atomic E-state index is 13.9. The van der Waals surface area contributed by atoms with Crippen LogP contribution in [-0.4, -0.2) is 39.8 Å². The Bertz CT molecular complexity index is 722. The lowest BCUT2D eigenvalue weighted by Gasteiger charge is -2.19. The van der Waals surface area contributed by atoms with E-state index in [4.69, 9.17) is 9.47 Å². The number of ether oxygens (including phenoxy) is 2. The van der Waals surface area contributed by atoms with Crippen LogP contribution in [0.25, 0.3) is 0 Å². The van der Waals surface area contributed by atoms with E-state index in [9.17, 15) is 9.18 Å². The number of likely N-dealkylation sites (N-methyl/N-ethyl adjacent to an activating group) is 1. The maximum atomic E-state index is 13.9. The van der Waals surface area contributed by atoms with Crippen LogP contribution in [-0.2, 0) is 9.53 Å². The molecule has 2 atom stereocenters. The van der Waals surface area contributed by atoms with Crippen LogP contribution in [0, 0.1) is 5.82 Å². The number of methoxy groups -OCH3 is 1. The van der Waals surface area contributed by atoms with Crippen molar-refractivity contribution in [2.75, 3.05) is 33.9 Å². The number of rotatable bonds is 10. The van der Waals surface area contributed by atoms with E-state index in [0.29, 0.717) is 17.9 Å². The van der Waals surface area contributed by atoms with Crippen molar-refractivity contribution in [1.29, 1.82) is 0 Å². The highest BCUT2D eigenvalue weighted by Crippen LogP contribution is 2.21. The maximum Gasteiger partial charge on any atom is 0.257 e. The number of carbonyl (C=O) groups is 1. The predicted octanol–water partition coefficient (Wildman–Crippen LogP) is 3.03. The van der Waals surface area contributed by atoms with Gasteiger partial charge in [0.15, 0.2) is 6.61 Å². The predicted molar refractivity (Wildman–Crippen MR) is 103 cm³/mol. The summed E-state index contributed by atoms with van der Waals surface area (Å²) in [5.74, 6) is 0.489. The van der Waals surface area contributed by atoms with Crippen molar-refractivity contribution in [3.05, 3.63) is 65.5 Å². The number of nitrogens with one attached hydrogen (secondary N) is 2. The molecule has 2 rings (SSSR count). The zero-order valence-corrected chi connectivity index (χ0v) is 16.0. The standard InChI is InChI=1S/C21H27FN2O3/c1-15(16-8-10-17(11-9-16)27-14-21(25)23-2)12-24-13-20(26-3)18-6-4-5-7-19(18)22/h4-11,15,20,24H,12-14H2,1-3H3,(H,23,25). The summed E-state index contributed by atoms with van der Waals surface area (Å²) < 4.78 is 24.7. The summed E-state index contributed by atoms with van der Waals surface area (Å²) >= 11 is 0. The topological polar surface area (TPSA) is 59.6 Å². The second-order valence-electron chi connectivity index (χ2n) is 6.34. The van der Waals surface area contributed by atoms with Crippen molar-refractivity contribution in [2.24, 2.45) is 0 Å². The van der Waals surface area contributed by atoms with E-state index in [2.05, 4.69) is 17.6 Å². The lowest BCUT2D eigenvalue weighted by molar-refractivity contribution is -0.122. The fourth-order valence-corrected chi connectivity index (χ4v) is 2.72. The number of hydrogen-bond acceptors (Lipinski definition) is 4. The molecule has 27 heavy (non-hydrogen) atoms. The van der Waals surface area contributed by atoms with Crippen molar-refractivity contribution in [2.45, 2.75) is 18.9 Å². The number of carbonyl (C=O) groups excluding carboxylic acids is 1. The van der Waals surface area contributed by atoms with Crippen LogP contribution >= 0.6 is 0 Å². The van der Waals surface area contributed by atoms with Gasteiger partial charge in [0, 0.05) is 32.8 Å². The Morgan fingerprint density at radius 2 is 1.81 bits per heavy atom. The number of hydrogen-bond donors (Lipinski definition) is 2. The van der Waals surface area contributed by atoms with Gasteiger partial charge in [-0.05, 0) is 29.7 Å². The normalized spacial score (nSPS) is 13.0. The first-order valence-electron chi connectivity index (χ1n) is 8.96. The molecule has 2 aromatic rings. The van der Waals surface area contributed by atoms with Crippen LogP contribution in [0.15, 0.2) is 48.5 Å². The molecule has 0 aromatic heterocycles. The minimum absolute atomic E-state index is 0.00140. The SMILES string of the molecule is CNC(=O)COc1ccc(C(C)CNCC(OC)c2ccccc2F)cc1. The highest BCUT2D eigenvalue weighted by molar-refractivity contribution is 5.77. The van der Waals surface area contributed by atoms with Crippen molar-refractivity contribution in [3.63, 3.8) is 0 Å². The van der Waals surface area contributed by atoms with Crippen LogP contribution in [0.2, 0.25) is 0 Å². The molecule has 0 saturated carbocycles. The van der Waals surface area contributed by atoms with E-state index in [0.717, 1.165) is 12.1 Å². The summed E-state index contributed by atoms with van der Waals surface area (Å²) in [6.07, 6.45) is -0.334. The van der Waals surface area contributed by atoms with Gasteiger partial charge in [0.2, 0.25) is 0 Å². The molecule has 0 heterocycles. The largest absolute Gasteiger partial charge is 0.484 e. The number of benzene rings is 2. The van der Waals surface area contributed by atoms with Gasteiger partial charge in [0.1, 0.15) is 11.6 Å². The van der Waals surface area contributed by atoms with Crippen LogP contribution in [0.4, 0.5) is 4.39 Å². The van der Waals surface area contributed by atoms with E-state index in [1.165, 1.54) is 6.07 Å². The molecule has 0 spiro atoms. The summed E-state index contributed by atoms with van der Waals surface area (Å²) in [4.78, 5) is 11.2. The minimum Gasteiger partial charge on any atom is -0.484 e. The first-order chi connectivity index (χ1) is 13.0. The second-order valence-corrected chi connectivity index (χ2v) is 6.34. The first-order valence-corrected chi connectivity index (χ1v) is 8.96. The van der Waals surface area contributed by atoms with E-state index >= 15 is 0 Å². The Hall–Kier alpha value is -2.44. The smallest absolute Gasteiger partial charge is 0.257 e. The third-order valence-electron chi connectivity index (χ3n) is 4.41. The van der Waals surface area contributed by atoms with Gasteiger partial charge in [-0.25, -0.2) is 4.39 Å². The highest BCUT2D eigenvalue weighted by Gasteiger charge is 2.15. The van der Waals surface area contributed by atoms with Crippen molar-refractivity contribution in [3.8, 4) is 5.75 Å². The molecule has 146 valence electrons. The highest BCUT2D eigenvalue weighted by atomic mass is 19.1. The molecular formula is C21H27FN2O3. The molecule has 2 unspecified atom stereocenters. The molecule has 2 aromatic carbocycles. The van der Waals surface area contributed by atoms with Gasteiger partial charge in [-0.15, -0.1) is 0 Å². The molecule has 6 heteroatoms. The lowest BCUT2D eigenvalue weighted by Crippen LogP contribution is -2.27. The molecule has 0 aliphatic rings. The molecule has 0 aliphatic heterocycles. The molecule has 5 nitrogen and oxygen atoms in total. The van der Waals surface area contributed by atoms with Gasteiger partial charge >= 0.3 is 0 Å². The summed E-state index contributed by atoms with van der Waals surface area (Å²) in [6.45, 7) is 3.36. The van der Waals surface area contributed by atoms with E-state index in [1.807, 2.05) is 24.3 Å². The van der Waals surface area contributed by atoms with Crippen LogP contribution < -0.4 is 15.4 Å². The summed E-state index contributed by atoms with van der Waals surface area (Å²) in [7, 11) is 3.16. The first kappa shape index (κ1) is 20.9. The van der Waals surface area contributed by atoms with Crippen LogP contribution in [0.1, 0.15) is 30.1 Å². The Labute approximate surface area is 159 Å². The van der Waals surface area contributed by atoms with Gasteiger partial charge in [-0.3, -0.25) is 4.79 Å². The molecule has 0 bridgehead atoms. The lowest BCUT2D eigenvalue weighted by atomic mass is 10.0. The fraction of sp³-hybridized carbons (Fsp3) is 0.381. The van der Waals surface area contributed by atoms with Crippen molar-refractivity contribution >= 4 is 5.91 Å². The molecule has 2 N–H and O–H groups in total. The third-order valence-corrected chi connectivity index (χ3v) is 4.41. The molecule has 0 saturated heterocycles. The Kier molecular flexibility index (Phi) is 8.23. The molecule has 0 fully saturated rings. The van der Waals surface area contributed by atoms with Gasteiger partial charge < -0.3 is 20.1 Å². The van der Waals surface area contributed by atoms with E-state index in [-0.39, 0.29) is 30.4 Å². The van der Waals surface area contributed by atoms with E-state index < -0.39 is 0 Å². The Morgan fingerprint density at radius 1 is 1.11 bits per heavy atom.